The number of alkyl halides is 3. The zero-order valence-electron chi connectivity index (χ0n) is 10.4. The first kappa shape index (κ1) is 15.0. The zero-order chi connectivity index (χ0) is 14.6. The van der Waals surface area contributed by atoms with E-state index in [1.807, 2.05) is 0 Å². The fourth-order valence-corrected chi connectivity index (χ4v) is 1.19. The monoisotopic (exact) mass is 274 g/mol. The van der Waals surface area contributed by atoms with Crippen molar-refractivity contribution < 1.29 is 22.7 Å². The predicted octanol–water partition coefficient (Wildman–Crippen LogP) is 3.01. The summed E-state index contributed by atoms with van der Waals surface area (Å²) in [6, 6.07) is 1.86. The minimum Gasteiger partial charge on any atom is -0.473 e. The number of hydrogen-bond acceptors (Lipinski definition) is 3. The van der Waals surface area contributed by atoms with Crippen LogP contribution < -0.4 is 10.1 Å². The topological polar surface area (TPSA) is 51.2 Å². The van der Waals surface area contributed by atoms with E-state index in [0.717, 1.165) is 18.2 Å². The Morgan fingerprint density at radius 1 is 1.47 bits per heavy atom. The van der Waals surface area contributed by atoms with Crippen molar-refractivity contribution in [3.05, 3.63) is 30.5 Å². The predicted molar refractivity (Wildman–Crippen MR) is 63.8 cm³/mol. The molecule has 104 valence electrons. The first-order valence-corrected chi connectivity index (χ1v) is 5.42. The highest BCUT2D eigenvalue weighted by molar-refractivity contribution is 5.99. The Labute approximate surface area is 108 Å². The lowest BCUT2D eigenvalue weighted by Gasteiger charge is -2.15. The molecule has 0 aromatic carbocycles. The molecule has 0 fully saturated rings. The SMILES string of the molecule is C=CC(=O)Nc1ccc(C(F)(F)F)nc1OC(C)C. The fraction of sp³-hybridized carbons (Fsp3) is 0.333. The molecule has 1 N–H and O–H groups in total. The van der Waals surface area contributed by atoms with Gasteiger partial charge in [-0.25, -0.2) is 4.98 Å². The molecule has 0 bridgehead atoms. The summed E-state index contributed by atoms with van der Waals surface area (Å²) in [7, 11) is 0. The molecule has 19 heavy (non-hydrogen) atoms. The van der Waals surface area contributed by atoms with Crippen LogP contribution in [0.15, 0.2) is 24.8 Å². The van der Waals surface area contributed by atoms with Crippen molar-refractivity contribution >= 4 is 11.6 Å². The number of ether oxygens (including phenoxy) is 1. The van der Waals surface area contributed by atoms with Crippen LogP contribution in [0, 0.1) is 0 Å². The number of nitrogens with one attached hydrogen (secondary N) is 1. The van der Waals surface area contributed by atoms with Crippen molar-refractivity contribution in [1.29, 1.82) is 0 Å². The van der Waals surface area contributed by atoms with Gasteiger partial charge in [0.05, 0.1) is 6.10 Å². The van der Waals surface area contributed by atoms with Gasteiger partial charge in [-0.1, -0.05) is 6.58 Å². The lowest BCUT2D eigenvalue weighted by Crippen LogP contribution is -2.16. The van der Waals surface area contributed by atoms with Crippen LogP contribution >= 0.6 is 0 Å². The Balaban J connectivity index is 3.16. The third-order valence-corrected chi connectivity index (χ3v) is 1.94. The molecule has 0 aliphatic rings. The smallest absolute Gasteiger partial charge is 0.433 e. The van der Waals surface area contributed by atoms with Crippen molar-refractivity contribution in [1.82, 2.24) is 4.98 Å². The van der Waals surface area contributed by atoms with E-state index in [9.17, 15) is 18.0 Å². The normalized spacial score (nSPS) is 11.3. The highest BCUT2D eigenvalue weighted by Gasteiger charge is 2.33. The highest BCUT2D eigenvalue weighted by atomic mass is 19.4. The van der Waals surface area contributed by atoms with E-state index in [1.165, 1.54) is 0 Å². The second kappa shape index (κ2) is 5.73. The van der Waals surface area contributed by atoms with Crippen molar-refractivity contribution in [2.45, 2.75) is 26.1 Å². The molecule has 0 radical (unpaired) electrons. The van der Waals surface area contributed by atoms with Crippen molar-refractivity contribution in [3.63, 3.8) is 0 Å². The van der Waals surface area contributed by atoms with E-state index in [2.05, 4.69) is 16.9 Å². The summed E-state index contributed by atoms with van der Waals surface area (Å²) >= 11 is 0. The minimum absolute atomic E-state index is 0.0617. The van der Waals surface area contributed by atoms with Crippen LogP contribution in [0.3, 0.4) is 0 Å². The number of aromatic nitrogens is 1. The minimum atomic E-state index is -4.57. The molecule has 1 aromatic heterocycles. The third-order valence-electron chi connectivity index (χ3n) is 1.94. The van der Waals surface area contributed by atoms with Gasteiger partial charge in [0.1, 0.15) is 11.4 Å². The largest absolute Gasteiger partial charge is 0.473 e. The molecular formula is C12H13F3N2O2. The summed E-state index contributed by atoms with van der Waals surface area (Å²) in [5.41, 5.74) is -1.02. The Hall–Kier alpha value is -2.05. The summed E-state index contributed by atoms with van der Waals surface area (Å²) < 4.78 is 42.8. The average Bonchev–Trinajstić information content (AvgIpc) is 2.29. The van der Waals surface area contributed by atoms with Gasteiger partial charge < -0.3 is 10.1 Å². The summed E-state index contributed by atoms with van der Waals surface area (Å²) in [4.78, 5) is 14.5. The summed E-state index contributed by atoms with van der Waals surface area (Å²) in [6.07, 6.45) is -3.96. The number of hydrogen-bond donors (Lipinski definition) is 1. The molecule has 0 aliphatic heterocycles. The van der Waals surface area contributed by atoms with Gasteiger partial charge in [-0.05, 0) is 32.1 Å². The molecule has 1 rings (SSSR count). The number of halogens is 3. The molecule has 1 aromatic rings. The zero-order valence-corrected chi connectivity index (χ0v) is 10.4. The van der Waals surface area contributed by atoms with Crippen molar-refractivity contribution in [2.24, 2.45) is 0 Å². The van der Waals surface area contributed by atoms with Crippen LogP contribution in [-0.2, 0) is 11.0 Å². The van der Waals surface area contributed by atoms with Crippen LogP contribution in [0.25, 0.3) is 0 Å². The highest BCUT2D eigenvalue weighted by Crippen LogP contribution is 2.32. The van der Waals surface area contributed by atoms with Crippen LogP contribution in [0.1, 0.15) is 19.5 Å². The van der Waals surface area contributed by atoms with E-state index in [-0.39, 0.29) is 17.7 Å². The van der Waals surface area contributed by atoms with E-state index in [0.29, 0.717) is 0 Å². The quantitative estimate of drug-likeness (QED) is 0.859. The molecule has 0 spiro atoms. The van der Waals surface area contributed by atoms with Crippen molar-refractivity contribution in [3.8, 4) is 5.88 Å². The molecular weight excluding hydrogens is 261 g/mol. The van der Waals surface area contributed by atoms with E-state index in [1.54, 1.807) is 13.8 Å². The third kappa shape index (κ3) is 4.27. The number of anilines is 1. The van der Waals surface area contributed by atoms with Gasteiger partial charge in [-0.15, -0.1) is 0 Å². The number of rotatable bonds is 4. The first-order valence-electron chi connectivity index (χ1n) is 5.42. The van der Waals surface area contributed by atoms with Crippen LogP contribution in [0.4, 0.5) is 18.9 Å². The number of nitrogens with zero attached hydrogens (tertiary/aromatic N) is 1. The standard InChI is InChI=1S/C12H13F3N2O2/c1-4-10(18)16-8-5-6-9(12(13,14)15)17-11(8)19-7(2)3/h4-7H,1H2,2-3H3,(H,16,18). The summed E-state index contributed by atoms with van der Waals surface area (Å²) in [5.74, 6) is -0.838. The van der Waals surface area contributed by atoms with Crippen LogP contribution in [0.5, 0.6) is 5.88 Å². The van der Waals surface area contributed by atoms with Gasteiger partial charge in [0, 0.05) is 0 Å². The van der Waals surface area contributed by atoms with Gasteiger partial charge in [0.15, 0.2) is 0 Å². The molecule has 0 unspecified atom stereocenters. The number of amides is 1. The maximum Gasteiger partial charge on any atom is 0.433 e. The van der Waals surface area contributed by atoms with Gasteiger partial charge in [0.25, 0.3) is 0 Å². The second-order valence-electron chi connectivity index (χ2n) is 3.91. The molecule has 4 nitrogen and oxygen atoms in total. The van der Waals surface area contributed by atoms with Crippen LogP contribution in [0.2, 0.25) is 0 Å². The fourth-order valence-electron chi connectivity index (χ4n) is 1.19. The van der Waals surface area contributed by atoms with Gasteiger partial charge in [-0.3, -0.25) is 4.79 Å². The molecule has 0 saturated heterocycles. The maximum absolute atomic E-state index is 12.5. The Kier molecular flexibility index (Phi) is 4.52. The van der Waals surface area contributed by atoms with E-state index in [4.69, 9.17) is 4.74 Å². The lowest BCUT2D eigenvalue weighted by atomic mass is 10.3. The molecule has 1 amide bonds. The number of pyridine rings is 1. The van der Waals surface area contributed by atoms with Gasteiger partial charge >= 0.3 is 6.18 Å². The molecule has 7 heteroatoms. The number of carbonyl (C=O) groups excluding carboxylic acids is 1. The summed E-state index contributed by atoms with van der Waals surface area (Å²) in [6.45, 7) is 6.53. The van der Waals surface area contributed by atoms with Crippen molar-refractivity contribution in [2.75, 3.05) is 5.32 Å². The molecule has 1 heterocycles. The maximum atomic E-state index is 12.5. The lowest BCUT2D eigenvalue weighted by molar-refractivity contribution is -0.141. The van der Waals surface area contributed by atoms with Gasteiger partial charge in [-0.2, -0.15) is 13.2 Å². The Morgan fingerprint density at radius 3 is 2.58 bits per heavy atom. The Bertz CT molecular complexity index is 484. The van der Waals surface area contributed by atoms with Crippen LogP contribution in [-0.4, -0.2) is 17.0 Å². The molecule has 0 saturated carbocycles. The summed E-state index contributed by atoms with van der Waals surface area (Å²) in [5, 5.41) is 2.33. The molecule has 0 aliphatic carbocycles. The molecule has 0 atom stereocenters. The van der Waals surface area contributed by atoms with E-state index >= 15 is 0 Å². The number of carbonyl (C=O) groups is 1. The first-order chi connectivity index (χ1) is 8.74. The Morgan fingerprint density at radius 2 is 2.11 bits per heavy atom. The van der Waals surface area contributed by atoms with Gasteiger partial charge in [0.2, 0.25) is 11.8 Å². The van der Waals surface area contributed by atoms with E-state index < -0.39 is 17.8 Å². The second-order valence-corrected chi connectivity index (χ2v) is 3.91. The average molecular weight is 274 g/mol.